The molecule has 0 amide bonds. The lowest BCUT2D eigenvalue weighted by Gasteiger charge is -2.43. The molecule has 0 heteroatoms. The Morgan fingerprint density at radius 2 is 2.00 bits per heavy atom. The fourth-order valence-corrected chi connectivity index (χ4v) is 4.97. The highest BCUT2D eigenvalue weighted by atomic mass is 14.5. The van der Waals surface area contributed by atoms with E-state index in [1.807, 2.05) is 0 Å². The van der Waals surface area contributed by atoms with Crippen molar-refractivity contribution < 1.29 is 0 Å². The van der Waals surface area contributed by atoms with Gasteiger partial charge >= 0.3 is 0 Å². The Hall–Kier alpha value is -1.04. The van der Waals surface area contributed by atoms with Crippen molar-refractivity contribution in [1.29, 1.82) is 0 Å². The molecule has 3 aliphatic rings. The Morgan fingerprint density at radius 1 is 1.25 bits per heavy atom. The van der Waals surface area contributed by atoms with E-state index in [1.165, 1.54) is 42.4 Å². The van der Waals surface area contributed by atoms with E-state index < -0.39 is 0 Å². The number of allylic oxidation sites excluding steroid dienone is 6. The third kappa shape index (κ3) is 2.05. The summed E-state index contributed by atoms with van der Waals surface area (Å²) in [5.41, 5.74) is 6.03. The van der Waals surface area contributed by atoms with E-state index in [2.05, 4.69) is 46.1 Å². The molecule has 3 rings (SSSR count). The largest absolute Gasteiger partial charge is 0.0998 e. The van der Waals surface area contributed by atoms with E-state index in [1.54, 1.807) is 5.57 Å². The number of hydrogen-bond acceptors (Lipinski definition) is 0. The standard InChI is InChI=1S/C20H28/c1-12(2)16-9-6-14(4)18-10-7-13(3)17-11-8-15(5)19(17)20(16)18/h8,11,14,16-18,20H,1,3,6-7,9-10H2,2,4-5H3/t14-,16+,17+,18?,20?/m0/s1. The monoisotopic (exact) mass is 268 g/mol. The summed E-state index contributed by atoms with van der Waals surface area (Å²) >= 11 is 0. The minimum atomic E-state index is 0.525. The first-order valence-electron chi connectivity index (χ1n) is 8.22. The average Bonchev–Trinajstić information content (AvgIpc) is 2.70. The topological polar surface area (TPSA) is 0 Å². The lowest BCUT2D eigenvalue weighted by molar-refractivity contribution is 0.137. The zero-order valence-electron chi connectivity index (χ0n) is 13.3. The summed E-state index contributed by atoms with van der Waals surface area (Å²) in [4.78, 5) is 0. The van der Waals surface area contributed by atoms with Crippen LogP contribution in [-0.2, 0) is 0 Å². The first kappa shape index (κ1) is 13.9. The molecule has 0 aromatic rings. The molecule has 0 aromatic carbocycles. The van der Waals surface area contributed by atoms with Gasteiger partial charge in [-0.1, -0.05) is 54.5 Å². The van der Waals surface area contributed by atoms with Crippen molar-refractivity contribution in [2.24, 2.45) is 29.6 Å². The summed E-state index contributed by atoms with van der Waals surface area (Å²) in [6.07, 6.45) is 9.96. The van der Waals surface area contributed by atoms with Gasteiger partial charge in [-0.25, -0.2) is 0 Å². The van der Waals surface area contributed by atoms with Gasteiger partial charge in [0.15, 0.2) is 0 Å². The van der Waals surface area contributed by atoms with Crippen LogP contribution in [0.25, 0.3) is 0 Å². The van der Waals surface area contributed by atoms with E-state index in [0.717, 1.165) is 17.8 Å². The second kappa shape index (κ2) is 5.06. The molecule has 0 saturated heterocycles. The molecule has 2 fully saturated rings. The second-order valence-electron chi connectivity index (χ2n) is 7.37. The summed E-state index contributed by atoms with van der Waals surface area (Å²) in [5.74, 6) is 3.61. The van der Waals surface area contributed by atoms with Crippen molar-refractivity contribution in [3.63, 3.8) is 0 Å². The fraction of sp³-hybridized carbons (Fsp3) is 0.600. The molecule has 0 aliphatic heterocycles. The van der Waals surface area contributed by atoms with Gasteiger partial charge in [0.2, 0.25) is 0 Å². The molecular formula is C20H28. The lowest BCUT2D eigenvalue weighted by Crippen LogP contribution is -2.35. The number of rotatable bonds is 1. The third-order valence-electron chi connectivity index (χ3n) is 6.12. The van der Waals surface area contributed by atoms with Crippen LogP contribution in [0.15, 0.2) is 47.6 Å². The average molecular weight is 268 g/mol. The Bertz CT molecular complexity index is 502. The molecule has 0 nitrogen and oxygen atoms in total. The third-order valence-corrected chi connectivity index (χ3v) is 6.12. The van der Waals surface area contributed by atoms with Gasteiger partial charge in [-0.2, -0.15) is 0 Å². The molecule has 0 aromatic heterocycles. The summed E-state index contributed by atoms with van der Waals surface area (Å²) < 4.78 is 0. The van der Waals surface area contributed by atoms with Gasteiger partial charge in [-0.05, 0) is 63.2 Å². The SMILES string of the molecule is C=C1CCC2C(C3=C(C)C=C[C@H]13)[C@@H](C(=C)C)CC[C@@H]2C. The van der Waals surface area contributed by atoms with Crippen LogP contribution < -0.4 is 0 Å². The summed E-state index contributed by atoms with van der Waals surface area (Å²) in [6, 6.07) is 0. The van der Waals surface area contributed by atoms with Gasteiger partial charge in [-0.3, -0.25) is 0 Å². The molecule has 5 atom stereocenters. The minimum absolute atomic E-state index is 0.525. The number of hydrogen-bond donors (Lipinski definition) is 0. The van der Waals surface area contributed by atoms with E-state index in [0.29, 0.717) is 11.8 Å². The highest BCUT2D eigenvalue weighted by molar-refractivity contribution is 5.44. The molecule has 20 heavy (non-hydrogen) atoms. The van der Waals surface area contributed by atoms with Crippen LogP contribution in [-0.4, -0.2) is 0 Å². The van der Waals surface area contributed by atoms with Crippen LogP contribution in [0.4, 0.5) is 0 Å². The maximum Gasteiger partial charge on any atom is 0.0196 e. The Morgan fingerprint density at radius 3 is 2.70 bits per heavy atom. The molecule has 0 N–H and O–H groups in total. The molecule has 0 heterocycles. The molecule has 2 unspecified atom stereocenters. The first-order chi connectivity index (χ1) is 9.50. The minimum Gasteiger partial charge on any atom is -0.0998 e. The molecule has 108 valence electrons. The highest BCUT2D eigenvalue weighted by Gasteiger charge is 2.44. The molecular weight excluding hydrogens is 240 g/mol. The van der Waals surface area contributed by atoms with Crippen molar-refractivity contribution in [1.82, 2.24) is 0 Å². The van der Waals surface area contributed by atoms with E-state index >= 15 is 0 Å². The van der Waals surface area contributed by atoms with Crippen molar-refractivity contribution in [3.05, 3.63) is 47.6 Å². The lowest BCUT2D eigenvalue weighted by atomic mass is 9.61. The Labute approximate surface area is 124 Å². The Balaban J connectivity index is 2.08. The quantitative estimate of drug-likeness (QED) is 0.536. The van der Waals surface area contributed by atoms with Crippen LogP contribution in [0.2, 0.25) is 0 Å². The molecule has 0 bridgehead atoms. The fourth-order valence-electron chi connectivity index (χ4n) is 4.97. The predicted octanol–water partition coefficient (Wildman–Crippen LogP) is 5.69. The normalized spacial score (nSPS) is 40.4. The summed E-state index contributed by atoms with van der Waals surface area (Å²) in [7, 11) is 0. The van der Waals surface area contributed by atoms with Crippen molar-refractivity contribution in [3.8, 4) is 0 Å². The number of fused-ring (bicyclic) bond motifs is 3. The van der Waals surface area contributed by atoms with Gasteiger partial charge < -0.3 is 0 Å². The summed E-state index contributed by atoms with van der Waals surface area (Å²) in [5, 5.41) is 0. The first-order valence-corrected chi connectivity index (χ1v) is 8.22. The van der Waals surface area contributed by atoms with Gasteiger partial charge in [0.25, 0.3) is 0 Å². The molecule has 0 spiro atoms. The maximum absolute atomic E-state index is 4.40. The molecule has 0 radical (unpaired) electrons. The van der Waals surface area contributed by atoms with Gasteiger partial charge in [0, 0.05) is 5.92 Å². The van der Waals surface area contributed by atoms with E-state index in [-0.39, 0.29) is 0 Å². The van der Waals surface area contributed by atoms with Gasteiger partial charge in [0.05, 0.1) is 0 Å². The second-order valence-corrected chi connectivity index (χ2v) is 7.37. The zero-order valence-corrected chi connectivity index (χ0v) is 13.3. The molecule has 3 aliphatic carbocycles. The van der Waals surface area contributed by atoms with Crippen LogP contribution in [0.1, 0.15) is 46.5 Å². The van der Waals surface area contributed by atoms with Crippen LogP contribution >= 0.6 is 0 Å². The molecule has 2 saturated carbocycles. The van der Waals surface area contributed by atoms with Crippen molar-refractivity contribution in [2.45, 2.75) is 46.5 Å². The van der Waals surface area contributed by atoms with E-state index in [9.17, 15) is 0 Å². The zero-order chi connectivity index (χ0) is 14.4. The van der Waals surface area contributed by atoms with Crippen LogP contribution in [0, 0.1) is 29.6 Å². The Kier molecular flexibility index (Phi) is 3.52. The van der Waals surface area contributed by atoms with Gasteiger partial charge in [-0.15, -0.1) is 0 Å². The van der Waals surface area contributed by atoms with Crippen LogP contribution in [0.5, 0.6) is 0 Å². The van der Waals surface area contributed by atoms with Gasteiger partial charge in [0.1, 0.15) is 0 Å². The highest BCUT2D eigenvalue weighted by Crippen LogP contribution is 2.54. The predicted molar refractivity (Wildman–Crippen MR) is 87.4 cm³/mol. The van der Waals surface area contributed by atoms with Crippen molar-refractivity contribution >= 4 is 0 Å². The van der Waals surface area contributed by atoms with E-state index in [4.69, 9.17) is 0 Å². The maximum atomic E-state index is 4.40. The van der Waals surface area contributed by atoms with Crippen LogP contribution in [0.3, 0.4) is 0 Å². The smallest absolute Gasteiger partial charge is 0.0196 e. The summed E-state index contributed by atoms with van der Waals surface area (Å²) in [6.45, 7) is 15.7. The van der Waals surface area contributed by atoms with Crippen molar-refractivity contribution in [2.75, 3.05) is 0 Å².